The van der Waals surface area contributed by atoms with Crippen LogP contribution in [0, 0.1) is 20.8 Å². The van der Waals surface area contributed by atoms with Crippen LogP contribution in [0.1, 0.15) is 51.3 Å². The molecule has 1 fully saturated rings. The van der Waals surface area contributed by atoms with E-state index in [0.29, 0.717) is 17.8 Å². The monoisotopic (exact) mass is 378 g/mol. The van der Waals surface area contributed by atoms with Gasteiger partial charge in [-0.05, 0) is 50.3 Å². The molecule has 0 aliphatic carbocycles. The Balaban J connectivity index is 1.61. The first kappa shape index (κ1) is 18.6. The van der Waals surface area contributed by atoms with Crippen molar-refractivity contribution in [2.45, 2.75) is 46.1 Å². The number of aromatic nitrogens is 3. The predicted octanol–water partition coefficient (Wildman–Crippen LogP) is 3.15. The Labute approximate surface area is 164 Å². The second-order valence-corrected chi connectivity index (χ2v) is 7.50. The first-order chi connectivity index (χ1) is 13.5. The number of fused-ring (bicyclic) bond motifs is 1. The molecule has 1 atom stereocenters. The van der Waals surface area contributed by atoms with Crippen molar-refractivity contribution >= 4 is 11.6 Å². The molecule has 0 spiro atoms. The fourth-order valence-electron chi connectivity index (χ4n) is 3.83. The molecule has 1 aliphatic rings. The van der Waals surface area contributed by atoms with Crippen LogP contribution in [0.25, 0.3) is 5.65 Å². The van der Waals surface area contributed by atoms with Gasteiger partial charge in [0.05, 0.1) is 12.3 Å². The van der Waals surface area contributed by atoms with Crippen LogP contribution in [0.2, 0.25) is 0 Å². The third-order valence-corrected chi connectivity index (χ3v) is 5.60. The molecule has 2 aromatic heterocycles. The maximum absolute atomic E-state index is 12.7. The minimum Gasteiger partial charge on any atom is -0.376 e. The van der Waals surface area contributed by atoms with Crippen LogP contribution in [0.3, 0.4) is 0 Å². The van der Waals surface area contributed by atoms with Gasteiger partial charge < -0.3 is 10.1 Å². The molecule has 4 rings (SSSR count). The van der Waals surface area contributed by atoms with Crippen molar-refractivity contribution in [1.29, 1.82) is 0 Å². The number of hydrogen-bond acceptors (Lipinski definition) is 4. The highest BCUT2D eigenvalue weighted by atomic mass is 16.5. The van der Waals surface area contributed by atoms with E-state index in [1.54, 1.807) is 10.7 Å². The largest absolute Gasteiger partial charge is 0.376 e. The minimum atomic E-state index is -0.150. The van der Waals surface area contributed by atoms with Gasteiger partial charge >= 0.3 is 0 Å². The van der Waals surface area contributed by atoms with E-state index < -0.39 is 0 Å². The molecule has 146 valence electrons. The highest BCUT2D eigenvalue weighted by molar-refractivity contribution is 5.99. The average Bonchev–Trinajstić information content (AvgIpc) is 3.34. The molecule has 6 heteroatoms. The van der Waals surface area contributed by atoms with E-state index in [1.165, 1.54) is 11.1 Å². The molecular formula is C22H26N4O2. The molecule has 28 heavy (non-hydrogen) atoms. The fraction of sp³-hybridized carbons (Fsp3) is 0.409. The van der Waals surface area contributed by atoms with Crippen molar-refractivity contribution in [3.05, 3.63) is 64.1 Å². The third-order valence-electron chi connectivity index (χ3n) is 5.60. The van der Waals surface area contributed by atoms with E-state index in [9.17, 15) is 4.79 Å². The number of nitrogens with one attached hydrogen (secondary N) is 1. The fourth-order valence-corrected chi connectivity index (χ4v) is 3.83. The van der Waals surface area contributed by atoms with Gasteiger partial charge in [0.2, 0.25) is 0 Å². The summed E-state index contributed by atoms with van der Waals surface area (Å²) in [7, 11) is 0. The molecular weight excluding hydrogens is 352 g/mol. The Morgan fingerprint density at radius 2 is 2.11 bits per heavy atom. The summed E-state index contributed by atoms with van der Waals surface area (Å²) < 4.78 is 7.36. The number of aryl methyl sites for hydroxylation is 3. The summed E-state index contributed by atoms with van der Waals surface area (Å²) >= 11 is 0. The number of benzene rings is 1. The Kier molecular flexibility index (Phi) is 5.13. The SMILES string of the molecule is Cc1ccccc1Cc1c(C)nc2c(C(=O)NCC3CCCO3)cnn2c1C. The Morgan fingerprint density at radius 1 is 1.29 bits per heavy atom. The van der Waals surface area contributed by atoms with Gasteiger partial charge in [-0.3, -0.25) is 4.79 Å². The lowest BCUT2D eigenvalue weighted by molar-refractivity contribution is 0.0859. The first-order valence-corrected chi connectivity index (χ1v) is 9.82. The zero-order valence-corrected chi connectivity index (χ0v) is 16.7. The van der Waals surface area contributed by atoms with E-state index in [2.05, 4.69) is 41.6 Å². The molecule has 3 heterocycles. The summed E-state index contributed by atoms with van der Waals surface area (Å²) in [5, 5.41) is 7.41. The second-order valence-electron chi connectivity index (χ2n) is 7.50. The van der Waals surface area contributed by atoms with E-state index >= 15 is 0 Å². The number of carbonyl (C=O) groups excluding carboxylic acids is 1. The first-order valence-electron chi connectivity index (χ1n) is 9.82. The number of hydrogen-bond donors (Lipinski definition) is 1. The lowest BCUT2D eigenvalue weighted by Crippen LogP contribution is -2.31. The maximum Gasteiger partial charge on any atom is 0.256 e. The summed E-state index contributed by atoms with van der Waals surface area (Å²) in [6.45, 7) is 7.47. The predicted molar refractivity (Wildman–Crippen MR) is 108 cm³/mol. The summed E-state index contributed by atoms with van der Waals surface area (Å²) in [5.41, 5.74) is 6.75. The van der Waals surface area contributed by atoms with Crippen LogP contribution < -0.4 is 5.32 Å². The van der Waals surface area contributed by atoms with Gasteiger partial charge in [-0.15, -0.1) is 0 Å². The van der Waals surface area contributed by atoms with Crippen molar-refractivity contribution in [1.82, 2.24) is 19.9 Å². The van der Waals surface area contributed by atoms with E-state index in [0.717, 1.165) is 42.8 Å². The maximum atomic E-state index is 12.7. The van der Waals surface area contributed by atoms with Crippen molar-refractivity contribution in [3.63, 3.8) is 0 Å². The van der Waals surface area contributed by atoms with Gasteiger partial charge in [0.15, 0.2) is 5.65 Å². The lowest BCUT2D eigenvalue weighted by Gasteiger charge is -2.13. The smallest absolute Gasteiger partial charge is 0.256 e. The van der Waals surface area contributed by atoms with E-state index in [1.807, 2.05) is 13.8 Å². The third kappa shape index (κ3) is 3.52. The molecule has 1 aromatic carbocycles. The number of nitrogens with zero attached hydrogens (tertiary/aromatic N) is 3. The molecule has 0 saturated carbocycles. The highest BCUT2D eigenvalue weighted by Gasteiger charge is 2.21. The molecule has 0 bridgehead atoms. The zero-order valence-electron chi connectivity index (χ0n) is 16.7. The topological polar surface area (TPSA) is 68.5 Å². The molecule has 1 amide bonds. The summed E-state index contributed by atoms with van der Waals surface area (Å²) in [6, 6.07) is 8.38. The summed E-state index contributed by atoms with van der Waals surface area (Å²) in [5.74, 6) is -0.150. The molecule has 1 saturated heterocycles. The number of ether oxygens (including phenoxy) is 1. The number of rotatable bonds is 5. The number of carbonyl (C=O) groups is 1. The van der Waals surface area contributed by atoms with E-state index in [-0.39, 0.29) is 12.0 Å². The van der Waals surface area contributed by atoms with Crippen molar-refractivity contribution in [2.24, 2.45) is 0 Å². The lowest BCUT2D eigenvalue weighted by atomic mass is 9.99. The van der Waals surface area contributed by atoms with Gasteiger partial charge in [0, 0.05) is 31.0 Å². The average molecular weight is 378 g/mol. The number of amides is 1. The highest BCUT2D eigenvalue weighted by Crippen LogP contribution is 2.22. The molecule has 1 N–H and O–H groups in total. The second kappa shape index (κ2) is 7.72. The van der Waals surface area contributed by atoms with Crippen molar-refractivity contribution in [2.75, 3.05) is 13.2 Å². The van der Waals surface area contributed by atoms with Crippen LogP contribution in [0.4, 0.5) is 0 Å². The van der Waals surface area contributed by atoms with Crippen LogP contribution >= 0.6 is 0 Å². The molecule has 1 unspecified atom stereocenters. The molecule has 6 nitrogen and oxygen atoms in total. The van der Waals surface area contributed by atoms with Gasteiger partial charge in [0.25, 0.3) is 5.91 Å². The van der Waals surface area contributed by atoms with Gasteiger partial charge in [0.1, 0.15) is 5.56 Å². The van der Waals surface area contributed by atoms with Crippen LogP contribution in [0.5, 0.6) is 0 Å². The van der Waals surface area contributed by atoms with Gasteiger partial charge in [-0.2, -0.15) is 5.10 Å². The van der Waals surface area contributed by atoms with Gasteiger partial charge in [-0.1, -0.05) is 24.3 Å². The van der Waals surface area contributed by atoms with Crippen LogP contribution in [-0.2, 0) is 11.2 Å². The normalized spacial score (nSPS) is 16.6. The van der Waals surface area contributed by atoms with Crippen molar-refractivity contribution < 1.29 is 9.53 Å². The van der Waals surface area contributed by atoms with Crippen LogP contribution in [0.15, 0.2) is 30.5 Å². The van der Waals surface area contributed by atoms with Crippen molar-refractivity contribution in [3.8, 4) is 0 Å². The van der Waals surface area contributed by atoms with Gasteiger partial charge in [-0.25, -0.2) is 9.50 Å². The molecule has 1 aliphatic heterocycles. The standard InChI is InChI=1S/C22H26N4O2/c1-14-7-4-5-8-17(14)11-19-15(2)25-21-20(13-24-26(21)16(19)3)22(27)23-12-18-9-6-10-28-18/h4-5,7-8,13,18H,6,9-12H2,1-3H3,(H,23,27). The van der Waals surface area contributed by atoms with Crippen LogP contribution in [-0.4, -0.2) is 39.8 Å². The Morgan fingerprint density at radius 3 is 2.86 bits per heavy atom. The summed E-state index contributed by atoms with van der Waals surface area (Å²) in [6.07, 6.45) is 4.57. The molecule has 3 aromatic rings. The van der Waals surface area contributed by atoms with E-state index in [4.69, 9.17) is 9.72 Å². The Bertz CT molecular complexity index is 1020. The quantitative estimate of drug-likeness (QED) is 0.740. The Hall–Kier alpha value is -2.73. The minimum absolute atomic E-state index is 0.114. The zero-order chi connectivity index (χ0) is 19.7. The summed E-state index contributed by atoms with van der Waals surface area (Å²) in [4.78, 5) is 17.4. The molecule has 0 radical (unpaired) electrons.